The third-order valence-electron chi connectivity index (χ3n) is 4.83. The molecule has 3 saturated heterocycles. The van der Waals surface area contributed by atoms with Gasteiger partial charge in [-0.05, 0) is 26.2 Å². The lowest BCUT2D eigenvalue weighted by Gasteiger charge is -2.30. The van der Waals surface area contributed by atoms with Gasteiger partial charge in [-0.15, -0.1) is 0 Å². The molecule has 5 unspecified atom stereocenters. The Hall–Kier alpha value is -0.0900. The van der Waals surface area contributed by atoms with Crippen LogP contribution in [0.25, 0.3) is 0 Å². The van der Waals surface area contributed by atoms with Crippen LogP contribution in [0, 0.1) is 11.8 Å². The minimum Gasteiger partial charge on any atom is -0.367 e. The maximum Gasteiger partial charge on any atom is 0.156 e. The second-order valence-corrected chi connectivity index (χ2v) is 7.74. The lowest BCUT2D eigenvalue weighted by Crippen LogP contribution is -2.41. The smallest absolute Gasteiger partial charge is 0.156 e. The Morgan fingerprint density at radius 2 is 2.00 bits per heavy atom. The molecule has 2 bridgehead atoms. The standard InChI is InChI=1S/C10H16O3S/c1-6-7-5-14(11,12)8-4-9(6,2)13-10(7,8)3/h6-8H,4-5H2,1-3H3. The molecule has 0 aromatic rings. The van der Waals surface area contributed by atoms with E-state index in [1.807, 2.05) is 6.92 Å². The maximum absolute atomic E-state index is 11.9. The molecule has 14 heavy (non-hydrogen) atoms. The number of ether oxygens (including phenoxy) is 1. The van der Waals surface area contributed by atoms with Gasteiger partial charge in [-0.3, -0.25) is 0 Å². The van der Waals surface area contributed by atoms with E-state index in [-0.39, 0.29) is 22.4 Å². The third kappa shape index (κ3) is 0.735. The van der Waals surface area contributed by atoms with Gasteiger partial charge in [-0.2, -0.15) is 0 Å². The second kappa shape index (κ2) is 2.05. The van der Waals surface area contributed by atoms with Crippen molar-refractivity contribution in [3.8, 4) is 0 Å². The summed E-state index contributed by atoms with van der Waals surface area (Å²) < 4.78 is 29.8. The fourth-order valence-electron chi connectivity index (χ4n) is 3.86. The first-order valence-electron chi connectivity index (χ1n) is 5.21. The van der Waals surface area contributed by atoms with Crippen LogP contribution in [0.5, 0.6) is 0 Å². The van der Waals surface area contributed by atoms with Crippen LogP contribution in [-0.2, 0) is 14.6 Å². The summed E-state index contributed by atoms with van der Waals surface area (Å²) in [6.45, 7) is 6.19. The van der Waals surface area contributed by atoms with E-state index in [0.29, 0.717) is 18.1 Å². The normalized spacial score (nSPS) is 63.5. The molecule has 4 heteroatoms. The fraction of sp³-hybridized carbons (Fsp3) is 1.00. The molecule has 3 aliphatic rings. The number of sulfone groups is 1. The Kier molecular flexibility index (Phi) is 1.34. The first kappa shape index (κ1) is 9.16. The van der Waals surface area contributed by atoms with E-state index in [9.17, 15) is 8.42 Å². The molecule has 0 saturated carbocycles. The van der Waals surface area contributed by atoms with E-state index in [1.54, 1.807) is 0 Å². The molecule has 3 heterocycles. The molecule has 0 amide bonds. The molecule has 5 atom stereocenters. The van der Waals surface area contributed by atoms with Gasteiger partial charge in [-0.25, -0.2) is 8.42 Å². The summed E-state index contributed by atoms with van der Waals surface area (Å²) >= 11 is 0. The third-order valence-corrected chi connectivity index (χ3v) is 7.16. The van der Waals surface area contributed by atoms with Crippen LogP contribution < -0.4 is 0 Å². The summed E-state index contributed by atoms with van der Waals surface area (Å²) in [7, 11) is -2.89. The zero-order chi connectivity index (χ0) is 10.4. The zero-order valence-corrected chi connectivity index (χ0v) is 9.60. The van der Waals surface area contributed by atoms with Crippen LogP contribution >= 0.6 is 0 Å². The largest absolute Gasteiger partial charge is 0.367 e. The van der Waals surface area contributed by atoms with Gasteiger partial charge in [0.15, 0.2) is 9.84 Å². The van der Waals surface area contributed by atoms with E-state index >= 15 is 0 Å². The van der Waals surface area contributed by atoms with E-state index in [2.05, 4.69) is 13.8 Å². The minimum atomic E-state index is -2.89. The molecule has 80 valence electrons. The molecule has 0 aromatic carbocycles. The molecule has 3 nitrogen and oxygen atoms in total. The van der Waals surface area contributed by atoms with Crippen molar-refractivity contribution < 1.29 is 13.2 Å². The van der Waals surface area contributed by atoms with Crippen molar-refractivity contribution in [1.82, 2.24) is 0 Å². The van der Waals surface area contributed by atoms with E-state index in [0.717, 1.165) is 0 Å². The second-order valence-electron chi connectivity index (χ2n) is 5.52. The predicted molar refractivity (Wildman–Crippen MR) is 52.7 cm³/mol. The molecule has 0 aliphatic carbocycles. The fourth-order valence-corrected chi connectivity index (χ4v) is 6.73. The Balaban J connectivity index is 2.21. The lowest BCUT2D eigenvalue weighted by atomic mass is 9.69. The highest BCUT2D eigenvalue weighted by Gasteiger charge is 2.73. The molecule has 3 fully saturated rings. The summed E-state index contributed by atoms with van der Waals surface area (Å²) in [5.74, 6) is 0.933. The summed E-state index contributed by atoms with van der Waals surface area (Å²) in [6.07, 6.45) is 0.698. The van der Waals surface area contributed by atoms with Crippen molar-refractivity contribution in [1.29, 1.82) is 0 Å². The maximum atomic E-state index is 11.9. The Morgan fingerprint density at radius 1 is 1.36 bits per heavy atom. The van der Waals surface area contributed by atoms with Crippen LogP contribution in [-0.4, -0.2) is 30.6 Å². The first-order valence-corrected chi connectivity index (χ1v) is 6.93. The lowest BCUT2D eigenvalue weighted by molar-refractivity contribution is -0.0385. The number of rotatable bonds is 0. The highest BCUT2D eigenvalue weighted by molar-refractivity contribution is 7.92. The molecule has 0 N–H and O–H groups in total. The zero-order valence-electron chi connectivity index (χ0n) is 8.78. The Labute approximate surface area is 84.7 Å². The van der Waals surface area contributed by atoms with Crippen LogP contribution in [0.4, 0.5) is 0 Å². The van der Waals surface area contributed by atoms with Crippen molar-refractivity contribution in [2.75, 3.05) is 5.75 Å². The van der Waals surface area contributed by atoms with Gasteiger partial charge >= 0.3 is 0 Å². The average molecular weight is 216 g/mol. The van der Waals surface area contributed by atoms with Crippen LogP contribution in [0.2, 0.25) is 0 Å². The molecule has 0 radical (unpaired) electrons. The van der Waals surface area contributed by atoms with Gasteiger partial charge in [0.2, 0.25) is 0 Å². The van der Waals surface area contributed by atoms with Crippen molar-refractivity contribution in [3.63, 3.8) is 0 Å². The van der Waals surface area contributed by atoms with Crippen LogP contribution in [0.15, 0.2) is 0 Å². The minimum absolute atomic E-state index is 0.187. The molecule has 3 aliphatic heterocycles. The average Bonchev–Trinajstić information content (AvgIpc) is 2.46. The van der Waals surface area contributed by atoms with Crippen LogP contribution in [0.1, 0.15) is 27.2 Å². The molecular weight excluding hydrogens is 200 g/mol. The van der Waals surface area contributed by atoms with Gasteiger partial charge in [0.25, 0.3) is 0 Å². The van der Waals surface area contributed by atoms with Crippen molar-refractivity contribution in [3.05, 3.63) is 0 Å². The Morgan fingerprint density at radius 3 is 2.50 bits per heavy atom. The highest BCUT2D eigenvalue weighted by atomic mass is 32.2. The summed E-state index contributed by atoms with van der Waals surface area (Å²) in [5.41, 5.74) is -0.569. The first-order chi connectivity index (χ1) is 6.30. The topological polar surface area (TPSA) is 43.4 Å². The van der Waals surface area contributed by atoms with Gasteiger partial charge in [0.1, 0.15) is 0 Å². The molecule has 3 rings (SSSR count). The summed E-state index contributed by atoms with van der Waals surface area (Å²) in [5, 5.41) is -0.235. The molecule has 0 aromatic heterocycles. The number of hydrogen-bond donors (Lipinski definition) is 0. The van der Waals surface area contributed by atoms with Gasteiger partial charge < -0.3 is 4.74 Å². The quantitative estimate of drug-likeness (QED) is 0.606. The molecular formula is C10H16O3S. The summed E-state index contributed by atoms with van der Waals surface area (Å²) in [4.78, 5) is 0. The van der Waals surface area contributed by atoms with Crippen molar-refractivity contribution >= 4 is 9.84 Å². The van der Waals surface area contributed by atoms with Crippen LogP contribution in [0.3, 0.4) is 0 Å². The van der Waals surface area contributed by atoms with Crippen molar-refractivity contribution in [2.24, 2.45) is 11.8 Å². The van der Waals surface area contributed by atoms with E-state index < -0.39 is 9.84 Å². The van der Waals surface area contributed by atoms with Gasteiger partial charge in [0.05, 0.1) is 22.2 Å². The number of hydrogen-bond acceptors (Lipinski definition) is 3. The number of fused-ring (bicyclic) bond motifs is 1. The summed E-state index contributed by atoms with van der Waals surface area (Å²) in [6, 6.07) is 0. The SMILES string of the molecule is CC1C2CS(=O)(=O)C3CC1(C)OC23C. The predicted octanol–water partition coefficient (Wildman–Crippen LogP) is 0.987. The highest BCUT2D eigenvalue weighted by Crippen LogP contribution is 2.63. The Bertz CT molecular complexity index is 402. The van der Waals surface area contributed by atoms with E-state index in [4.69, 9.17) is 4.74 Å². The molecule has 0 spiro atoms. The van der Waals surface area contributed by atoms with Crippen molar-refractivity contribution in [2.45, 2.75) is 43.6 Å². The van der Waals surface area contributed by atoms with Gasteiger partial charge in [-0.1, -0.05) is 6.92 Å². The monoisotopic (exact) mass is 216 g/mol. The van der Waals surface area contributed by atoms with Gasteiger partial charge in [0, 0.05) is 5.92 Å². The van der Waals surface area contributed by atoms with E-state index in [1.165, 1.54) is 0 Å².